The summed E-state index contributed by atoms with van der Waals surface area (Å²) in [7, 11) is 0. The Balaban J connectivity index is 2.71. The SMILES string of the molecule is CCc1ccc2[nH]c(C(=O)O)cc2c1F. The van der Waals surface area contributed by atoms with Gasteiger partial charge >= 0.3 is 5.97 Å². The van der Waals surface area contributed by atoms with Crippen molar-refractivity contribution in [3.05, 3.63) is 35.3 Å². The number of aromatic amines is 1. The largest absolute Gasteiger partial charge is 0.477 e. The molecule has 0 saturated heterocycles. The number of H-pyrrole nitrogens is 1. The summed E-state index contributed by atoms with van der Waals surface area (Å²) in [6, 6.07) is 4.69. The second-order valence-electron chi connectivity index (χ2n) is 3.34. The van der Waals surface area contributed by atoms with Gasteiger partial charge in [-0.2, -0.15) is 0 Å². The number of halogens is 1. The fraction of sp³-hybridized carbons (Fsp3) is 0.182. The fourth-order valence-electron chi connectivity index (χ4n) is 1.60. The number of carboxylic acid groups (broad SMARTS) is 1. The predicted molar refractivity (Wildman–Crippen MR) is 54.6 cm³/mol. The van der Waals surface area contributed by atoms with Crippen LogP contribution in [0.3, 0.4) is 0 Å². The Morgan fingerprint density at radius 2 is 2.27 bits per heavy atom. The first kappa shape index (κ1) is 9.71. The van der Waals surface area contributed by atoms with Crippen molar-refractivity contribution in [3.63, 3.8) is 0 Å². The number of hydrogen-bond acceptors (Lipinski definition) is 1. The lowest BCUT2D eigenvalue weighted by Gasteiger charge is -1.99. The van der Waals surface area contributed by atoms with Gasteiger partial charge in [0, 0.05) is 10.9 Å². The Bertz CT molecular complexity index is 531. The van der Waals surface area contributed by atoms with Crippen molar-refractivity contribution in [3.8, 4) is 0 Å². The molecule has 0 saturated carbocycles. The van der Waals surface area contributed by atoms with Gasteiger partial charge in [0.1, 0.15) is 11.5 Å². The Kier molecular flexibility index (Phi) is 2.19. The summed E-state index contributed by atoms with van der Waals surface area (Å²) in [6.45, 7) is 1.86. The van der Waals surface area contributed by atoms with Crippen molar-refractivity contribution in [1.82, 2.24) is 4.98 Å². The van der Waals surface area contributed by atoms with E-state index in [0.717, 1.165) is 0 Å². The highest BCUT2D eigenvalue weighted by Crippen LogP contribution is 2.22. The van der Waals surface area contributed by atoms with E-state index in [1.807, 2.05) is 6.92 Å². The zero-order valence-electron chi connectivity index (χ0n) is 8.17. The van der Waals surface area contributed by atoms with Crippen molar-refractivity contribution in [1.29, 1.82) is 0 Å². The Labute approximate surface area is 85.5 Å². The van der Waals surface area contributed by atoms with E-state index >= 15 is 0 Å². The van der Waals surface area contributed by atoms with Crippen LogP contribution < -0.4 is 0 Å². The molecule has 2 N–H and O–H groups in total. The number of rotatable bonds is 2. The summed E-state index contributed by atoms with van der Waals surface area (Å²) >= 11 is 0. The molecule has 2 rings (SSSR count). The number of aromatic nitrogens is 1. The van der Waals surface area contributed by atoms with Gasteiger partial charge < -0.3 is 10.1 Å². The molecule has 0 spiro atoms. The second-order valence-corrected chi connectivity index (χ2v) is 3.34. The third kappa shape index (κ3) is 1.48. The van der Waals surface area contributed by atoms with Crippen molar-refractivity contribution in [2.75, 3.05) is 0 Å². The van der Waals surface area contributed by atoms with Gasteiger partial charge in [0.15, 0.2) is 0 Å². The van der Waals surface area contributed by atoms with Gasteiger partial charge in [-0.3, -0.25) is 0 Å². The van der Waals surface area contributed by atoms with Gasteiger partial charge in [0.05, 0.1) is 0 Å². The van der Waals surface area contributed by atoms with E-state index in [-0.39, 0.29) is 11.5 Å². The lowest BCUT2D eigenvalue weighted by atomic mass is 10.1. The van der Waals surface area contributed by atoms with E-state index in [1.54, 1.807) is 12.1 Å². The number of nitrogens with one attached hydrogen (secondary N) is 1. The molecule has 0 bridgehead atoms. The first-order valence-electron chi connectivity index (χ1n) is 4.67. The molecule has 1 aromatic heterocycles. The van der Waals surface area contributed by atoms with Gasteiger partial charge in [-0.1, -0.05) is 13.0 Å². The van der Waals surface area contributed by atoms with Crippen LogP contribution in [-0.2, 0) is 6.42 Å². The summed E-state index contributed by atoms with van der Waals surface area (Å²) in [6.07, 6.45) is 0.593. The normalized spacial score (nSPS) is 10.8. The van der Waals surface area contributed by atoms with Gasteiger partial charge in [0.25, 0.3) is 0 Å². The first-order valence-corrected chi connectivity index (χ1v) is 4.67. The molecule has 0 amide bonds. The number of aromatic carboxylic acids is 1. The van der Waals surface area contributed by atoms with Crippen LogP contribution in [0.15, 0.2) is 18.2 Å². The van der Waals surface area contributed by atoms with Crippen LogP contribution in [0.4, 0.5) is 4.39 Å². The summed E-state index contributed by atoms with van der Waals surface area (Å²) in [5.74, 6) is -1.41. The minimum atomic E-state index is -1.08. The number of hydrogen-bond donors (Lipinski definition) is 2. The van der Waals surface area contributed by atoms with E-state index in [9.17, 15) is 9.18 Å². The molecule has 2 aromatic rings. The monoisotopic (exact) mass is 207 g/mol. The average molecular weight is 207 g/mol. The van der Waals surface area contributed by atoms with E-state index in [0.29, 0.717) is 22.9 Å². The van der Waals surface area contributed by atoms with Crippen molar-refractivity contribution in [2.24, 2.45) is 0 Å². The summed E-state index contributed by atoms with van der Waals surface area (Å²) < 4.78 is 13.7. The van der Waals surface area contributed by atoms with Gasteiger partial charge in [0.2, 0.25) is 0 Å². The number of carboxylic acids is 1. The lowest BCUT2D eigenvalue weighted by molar-refractivity contribution is 0.0691. The summed E-state index contributed by atoms with van der Waals surface area (Å²) in [4.78, 5) is 13.3. The standard InChI is InChI=1S/C11H10FNO2/c1-2-6-3-4-8-7(10(6)12)5-9(13-8)11(14)15/h3-5,13H,2H2,1H3,(H,14,15). The average Bonchev–Trinajstić information content (AvgIpc) is 2.63. The lowest BCUT2D eigenvalue weighted by Crippen LogP contribution is -1.94. The molecule has 0 aliphatic heterocycles. The van der Waals surface area contributed by atoms with Crippen molar-refractivity contribution < 1.29 is 14.3 Å². The molecule has 0 radical (unpaired) electrons. The van der Waals surface area contributed by atoms with Crippen molar-refractivity contribution >= 4 is 16.9 Å². The molecule has 0 atom stereocenters. The van der Waals surface area contributed by atoms with E-state index in [1.165, 1.54) is 6.07 Å². The van der Waals surface area contributed by atoms with Crippen LogP contribution in [0.25, 0.3) is 10.9 Å². The Morgan fingerprint density at radius 3 is 2.87 bits per heavy atom. The molecule has 1 heterocycles. The maximum absolute atomic E-state index is 13.7. The van der Waals surface area contributed by atoms with Crippen molar-refractivity contribution in [2.45, 2.75) is 13.3 Å². The first-order chi connectivity index (χ1) is 7.13. The van der Waals surface area contributed by atoms with Crippen LogP contribution >= 0.6 is 0 Å². The molecule has 0 unspecified atom stereocenters. The molecule has 15 heavy (non-hydrogen) atoms. The van der Waals surface area contributed by atoms with Gasteiger partial charge in [-0.25, -0.2) is 9.18 Å². The fourth-order valence-corrected chi connectivity index (χ4v) is 1.60. The van der Waals surface area contributed by atoms with Gasteiger partial charge in [-0.05, 0) is 24.1 Å². The number of aryl methyl sites for hydroxylation is 1. The van der Waals surface area contributed by atoms with Crippen LogP contribution in [0.5, 0.6) is 0 Å². The third-order valence-electron chi connectivity index (χ3n) is 2.43. The molecule has 78 valence electrons. The Hall–Kier alpha value is -1.84. The minimum absolute atomic E-state index is 0.0113. The molecular weight excluding hydrogens is 197 g/mol. The topological polar surface area (TPSA) is 53.1 Å². The molecule has 1 aromatic carbocycles. The van der Waals surface area contributed by atoms with E-state index in [2.05, 4.69) is 4.98 Å². The van der Waals surface area contributed by atoms with E-state index < -0.39 is 5.97 Å². The molecule has 0 aliphatic rings. The van der Waals surface area contributed by atoms with Gasteiger partial charge in [-0.15, -0.1) is 0 Å². The molecular formula is C11H10FNO2. The van der Waals surface area contributed by atoms with E-state index in [4.69, 9.17) is 5.11 Å². The third-order valence-corrected chi connectivity index (χ3v) is 2.43. The van der Waals surface area contributed by atoms with Crippen LogP contribution in [0.1, 0.15) is 23.0 Å². The van der Waals surface area contributed by atoms with Crippen LogP contribution in [0, 0.1) is 5.82 Å². The smallest absolute Gasteiger partial charge is 0.352 e. The minimum Gasteiger partial charge on any atom is -0.477 e. The number of benzene rings is 1. The number of fused-ring (bicyclic) bond motifs is 1. The van der Waals surface area contributed by atoms with Crippen LogP contribution in [-0.4, -0.2) is 16.1 Å². The van der Waals surface area contributed by atoms with Crippen LogP contribution in [0.2, 0.25) is 0 Å². The zero-order chi connectivity index (χ0) is 11.0. The molecule has 4 heteroatoms. The zero-order valence-corrected chi connectivity index (χ0v) is 8.17. The summed E-state index contributed by atoms with van der Waals surface area (Å²) in [5, 5.41) is 9.09. The highest BCUT2D eigenvalue weighted by Gasteiger charge is 2.12. The highest BCUT2D eigenvalue weighted by atomic mass is 19.1. The maximum atomic E-state index is 13.7. The molecule has 3 nitrogen and oxygen atoms in total. The maximum Gasteiger partial charge on any atom is 0.352 e. The Morgan fingerprint density at radius 1 is 1.53 bits per heavy atom. The second kappa shape index (κ2) is 3.38. The number of carbonyl (C=O) groups is 1. The quantitative estimate of drug-likeness (QED) is 0.795. The molecule has 0 aliphatic carbocycles. The predicted octanol–water partition coefficient (Wildman–Crippen LogP) is 2.57. The summed E-state index contributed by atoms with van der Waals surface area (Å²) in [5.41, 5.74) is 1.12. The molecule has 0 fully saturated rings. The highest BCUT2D eigenvalue weighted by molar-refractivity contribution is 5.94.